The van der Waals surface area contributed by atoms with E-state index in [0.29, 0.717) is 5.92 Å². The van der Waals surface area contributed by atoms with Crippen LogP contribution in [-0.4, -0.2) is 30.3 Å². The van der Waals surface area contributed by atoms with Gasteiger partial charge in [0.1, 0.15) is 5.82 Å². The first-order valence-corrected chi connectivity index (χ1v) is 6.43. The first-order chi connectivity index (χ1) is 8.55. The van der Waals surface area contributed by atoms with E-state index in [1.165, 1.54) is 12.1 Å². The zero-order valence-electron chi connectivity index (χ0n) is 11.0. The maximum Gasteiger partial charge on any atom is 0.125 e. The normalized spacial score (nSPS) is 28.1. The van der Waals surface area contributed by atoms with Crippen LogP contribution in [0.5, 0.6) is 0 Å². The summed E-state index contributed by atoms with van der Waals surface area (Å²) < 4.78 is 13.4. The summed E-state index contributed by atoms with van der Waals surface area (Å²) in [7, 11) is 0. The van der Waals surface area contributed by atoms with Crippen LogP contribution in [0.1, 0.15) is 18.9 Å². The van der Waals surface area contributed by atoms with E-state index >= 15 is 0 Å². The summed E-state index contributed by atoms with van der Waals surface area (Å²) in [5.74, 6) is 0.0481. The highest BCUT2D eigenvalue weighted by Crippen LogP contribution is 2.29. The van der Waals surface area contributed by atoms with Gasteiger partial charge in [-0.05, 0) is 49.6 Å². The number of aliphatic hydroxyl groups excluding tert-OH is 1. The Morgan fingerprint density at radius 2 is 2.28 bits per heavy atom. The van der Waals surface area contributed by atoms with E-state index in [0.717, 1.165) is 30.8 Å². The molecule has 1 fully saturated rings. The molecule has 2 atom stereocenters. The van der Waals surface area contributed by atoms with E-state index in [1.54, 1.807) is 0 Å². The summed E-state index contributed by atoms with van der Waals surface area (Å²) in [6.45, 7) is 5.76. The number of aliphatic hydroxyl groups is 1. The van der Waals surface area contributed by atoms with Crippen molar-refractivity contribution in [1.29, 1.82) is 0 Å². The van der Waals surface area contributed by atoms with Gasteiger partial charge in [-0.1, -0.05) is 6.92 Å². The van der Waals surface area contributed by atoms with E-state index in [1.807, 2.05) is 13.0 Å². The Balaban J connectivity index is 2.23. The van der Waals surface area contributed by atoms with Gasteiger partial charge in [-0.2, -0.15) is 0 Å². The predicted molar refractivity (Wildman–Crippen MR) is 71.2 cm³/mol. The Morgan fingerprint density at radius 3 is 2.89 bits per heavy atom. The fraction of sp³-hybridized carbons (Fsp3) is 0.571. The van der Waals surface area contributed by atoms with Crippen molar-refractivity contribution < 1.29 is 9.50 Å². The summed E-state index contributed by atoms with van der Waals surface area (Å²) in [5, 5.41) is 16.4. The molecule has 0 radical (unpaired) electrons. The molecule has 0 bridgehead atoms. The number of hydrogen-bond donors (Lipinski definition) is 3. The van der Waals surface area contributed by atoms with Crippen LogP contribution in [0.25, 0.3) is 0 Å². The van der Waals surface area contributed by atoms with Gasteiger partial charge < -0.3 is 15.7 Å². The number of hydrogen-bond acceptors (Lipinski definition) is 3. The molecule has 0 aliphatic carbocycles. The molecule has 1 aromatic rings. The Morgan fingerprint density at radius 1 is 1.50 bits per heavy atom. The molecule has 18 heavy (non-hydrogen) atoms. The standard InChI is InChI=1S/C14H21FN2O/c1-10-5-12(15)7-13(6-10)17-14(9-18)3-4-16-8-11(14)2/h5-7,11,16-18H,3-4,8-9H2,1-2H3. The molecule has 0 amide bonds. The molecule has 1 aromatic carbocycles. The third-order valence-electron chi connectivity index (χ3n) is 3.86. The fourth-order valence-corrected chi connectivity index (χ4v) is 2.63. The van der Waals surface area contributed by atoms with Crippen molar-refractivity contribution in [3.05, 3.63) is 29.6 Å². The minimum atomic E-state index is -0.356. The molecule has 0 aromatic heterocycles. The quantitative estimate of drug-likeness (QED) is 0.770. The first kappa shape index (κ1) is 13.3. The molecule has 2 rings (SSSR count). The number of aryl methyl sites for hydroxylation is 1. The molecule has 1 aliphatic heterocycles. The van der Waals surface area contributed by atoms with Crippen LogP contribution in [0.3, 0.4) is 0 Å². The average Bonchev–Trinajstić information content (AvgIpc) is 2.31. The number of piperidine rings is 1. The molecule has 4 heteroatoms. The van der Waals surface area contributed by atoms with Gasteiger partial charge in [-0.25, -0.2) is 4.39 Å². The van der Waals surface area contributed by atoms with Gasteiger partial charge in [0.15, 0.2) is 0 Å². The van der Waals surface area contributed by atoms with Gasteiger partial charge in [-0.15, -0.1) is 0 Å². The minimum Gasteiger partial charge on any atom is -0.394 e. The maximum atomic E-state index is 13.4. The highest BCUT2D eigenvalue weighted by molar-refractivity contribution is 5.48. The number of benzene rings is 1. The van der Waals surface area contributed by atoms with Crippen LogP contribution in [0.2, 0.25) is 0 Å². The number of rotatable bonds is 3. The summed E-state index contributed by atoms with van der Waals surface area (Å²) in [6, 6.07) is 4.90. The van der Waals surface area contributed by atoms with Crippen LogP contribution in [0, 0.1) is 18.7 Å². The van der Waals surface area contributed by atoms with Gasteiger partial charge in [0.2, 0.25) is 0 Å². The van der Waals surface area contributed by atoms with E-state index in [-0.39, 0.29) is 18.0 Å². The van der Waals surface area contributed by atoms with Gasteiger partial charge in [0.25, 0.3) is 0 Å². The molecule has 3 nitrogen and oxygen atoms in total. The van der Waals surface area contributed by atoms with Crippen molar-refractivity contribution in [3.8, 4) is 0 Å². The van der Waals surface area contributed by atoms with E-state index in [2.05, 4.69) is 17.6 Å². The second-order valence-electron chi connectivity index (χ2n) is 5.31. The third-order valence-corrected chi connectivity index (χ3v) is 3.86. The van der Waals surface area contributed by atoms with Crippen LogP contribution in [-0.2, 0) is 0 Å². The van der Waals surface area contributed by atoms with Crippen molar-refractivity contribution >= 4 is 5.69 Å². The molecule has 2 unspecified atom stereocenters. The summed E-state index contributed by atoms with van der Waals surface area (Å²) in [5.41, 5.74) is 1.27. The van der Waals surface area contributed by atoms with Crippen LogP contribution < -0.4 is 10.6 Å². The molecule has 1 saturated heterocycles. The van der Waals surface area contributed by atoms with Gasteiger partial charge in [0, 0.05) is 12.2 Å². The van der Waals surface area contributed by atoms with Crippen LogP contribution in [0.4, 0.5) is 10.1 Å². The van der Waals surface area contributed by atoms with Crippen molar-refractivity contribution in [2.75, 3.05) is 25.0 Å². The second-order valence-corrected chi connectivity index (χ2v) is 5.31. The predicted octanol–water partition coefficient (Wildman–Crippen LogP) is 1.91. The minimum absolute atomic E-state index is 0.0609. The molecule has 0 saturated carbocycles. The van der Waals surface area contributed by atoms with Crippen molar-refractivity contribution in [2.45, 2.75) is 25.8 Å². The highest BCUT2D eigenvalue weighted by atomic mass is 19.1. The van der Waals surface area contributed by atoms with Gasteiger partial charge in [0.05, 0.1) is 12.1 Å². The van der Waals surface area contributed by atoms with E-state index in [9.17, 15) is 9.50 Å². The average molecular weight is 252 g/mol. The Kier molecular flexibility index (Phi) is 3.88. The summed E-state index contributed by atoms with van der Waals surface area (Å²) in [6.07, 6.45) is 0.834. The first-order valence-electron chi connectivity index (χ1n) is 6.43. The lowest BCUT2D eigenvalue weighted by Crippen LogP contribution is -2.56. The summed E-state index contributed by atoms with van der Waals surface area (Å²) >= 11 is 0. The molecule has 0 spiro atoms. The monoisotopic (exact) mass is 252 g/mol. The Hall–Kier alpha value is -1.13. The van der Waals surface area contributed by atoms with E-state index in [4.69, 9.17) is 0 Å². The lowest BCUT2D eigenvalue weighted by Gasteiger charge is -2.43. The lowest BCUT2D eigenvalue weighted by molar-refractivity contribution is 0.135. The van der Waals surface area contributed by atoms with Gasteiger partial charge >= 0.3 is 0 Å². The Labute approximate surface area is 107 Å². The maximum absolute atomic E-state index is 13.4. The summed E-state index contributed by atoms with van der Waals surface area (Å²) in [4.78, 5) is 0. The topological polar surface area (TPSA) is 44.3 Å². The SMILES string of the molecule is Cc1cc(F)cc(NC2(CO)CCNCC2C)c1. The van der Waals surface area contributed by atoms with Crippen LogP contribution >= 0.6 is 0 Å². The molecular formula is C14H21FN2O. The van der Waals surface area contributed by atoms with Crippen LogP contribution in [0.15, 0.2) is 18.2 Å². The fourth-order valence-electron chi connectivity index (χ4n) is 2.63. The second kappa shape index (κ2) is 5.24. The third kappa shape index (κ3) is 2.65. The van der Waals surface area contributed by atoms with Crippen molar-refractivity contribution in [1.82, 2.24) is 5.32 Å². The van der Waals surface area contributed by atoms with Crippen molar-refractivity contribution in [3.63, 3.8) is 0 Å². The largest absolute Gasteiger partial charge is 0.394 e. The molecule has 3 N–H and O–H groups in total. The molecule has 1 heterocycles. The van der Waals surface area contributed by atoms with E-state index < -0.39 is 0 Å². The molecule has 100 valence electrons. The molecular weight excluding hydrogens is 231 g/mol. The number of anilines is 1. The highest BCUT2D eigenvalue weighted by Gasteiger charge is 2.37. The smallest absolute Gasteiger partial charge is 0.125 e. The number of nitrogens with one attached hydrogen (secondary N) is 2. The van der Waals surface area contributed by atoms with Gasteiger partial charge in [-0.3, -0.25) is 0 Å². The number of halogens is 1. The zero-order valence-corrected chi connectivity index (χ0v) is 11.0. The lowest BCUT2D eigenvalue weighted by atomic mass is 9.80. The van der Waals surface area contributed by atoms with Crippen molar-refractivity contribution in [2.24, 2.45) is 5.92 Å². The zero-order chi connectivity index (χ0) is 13.2. The molecule has 1 aliphatic rings. The Bertz CT molecular complexity index is 404.